The number of alkyl halides is 2. The molecule has 0 spiro atoms. The molecule has 108 valence electrons. The second-order valence-corrected chi connectivity index (χ2v) is 3.91. The van der Waals surface area contributed by atoms with Crippen LogP contribution in [0.25, 0.3) is 0 Å². The van der Waals surface area contributed by atoms with Crippen LogP contribution in [0.1, 0.15) is 12.5 Å². The Kier molecular flexibility index (Phi) is 6.52. The lowest BCUT2D eigenvalue weighted by Gasteiger charge is -2.15. The molecule has 0 aliphatic rings. The van der Waals surface area contributed by atoms with Crippen LogP contribution in [0.4, 0.5) is 8.78 Å². The molecule has 19 heavy (non-hydrogen) atoms. The quantitative estimate of drug-likeness (QED) is 0.759. The number of aliphatic hydroxyl groups is 1. The first kappa shape index (κ1) is 15.7. The number of ether oxygens (including phenoxy) is 2. The van der Waals surface area contributed by atoms with E-state index < -0.39 is 12.5 Å². The van der Waals surface area contributed by atoms with Crippen LogP contribution in [0.3, 0.4) is 0 Å². The molecule has 0 bridgehead atoms. The summed E-state index contributed by atoms with van der Waals surface area (Å²) in [7, 11) is 1.52. The van der Waals surface area contributed by atoms with Gasteiger partial charge in [0.15, 0.2) is 11.5 Å². The van der Waals surface area contributed by atoms with Gasteiger partial charge in [-0.2, -0.15) is 0 Å². The SMILES string of the molecule is CCOc1cccc(CNCC(O)C(F)F)c1OC. The molecular formula is C13H19F2NO3. The Morgan fingerprint density at radius 2 is 2.11 bits per heavy atom. The normalized spacial score (nSPS) is 12.5. The van der Waals surface area contributed by atoms with Gasteiger partial charge in [0, 0.05) is 18.7 Å². The highest BCUT2D eigenvalue weighted by Crippen LogP contribution is 2.30. The van der Waals surface area contributed by atoms with E-state index in [1.165, 1.54) is 7.11 Å². The van der Waals surface area contributed by atoms with Crippen molar-refractivity contribution >= 4 is 0 Å². The van der Waals surface area contributed by atoms with Crippen LogP contribution in [-0.2, 0) is 6.54 Å². The fourth-order valence-electron chi connectivity index (χ4n) is 1.65. The lowest BCUT2D eigenvalue weighted by Crippen LogP contribution is -2.31. The lowest BCUT2D eigenvalue weighted by atomic mass is 10.2. The molecule has 0 saturated heterocycles. The zero-order chi connectivity index (χ0) is 14.3. The van der Waals surface area contributed by atoms with Crippen molar-refractivity contribution in [2.24, 2.45) is 0 Å². The summed E-state index contributed by atoms with van der Waals surface area (Å²) in [6.45, 7) is 2.51. The van der Waals surface area contributed by atoms with Crippen molar-refractivity contribution in [2.75, 3.05) is 20.3 Å². The lowest BCUT2D eigenvalue weighted by molar-refractivity contribution is -0.00342. The van der Waals surface area contributed by atoms with Crippen molar-refractivity contribution in [3.63, 3.8) is 0 Å². The van der Waals surface area contributed by atoms with Gasteiger partial charge in [0.05, 0.1) is 13.7 Å². The second-order valence-electron chi connectivity index (χ2n) is 3.91. The van der Waals surface area contributed by atoms with E-state index in [9.17, 15) is 8.78 Å². The molecule has 1 aromatic rings. The predicted molar refractivity (Wildman–Crippen MR) is 67.9 cm³/mol. The van der Waals surface area contributed by atoms with Crippen molar-refractivity contribution in [3.8, 4) is 11.5 Å². The maximum atomic E-state index is 12.1. The topological polar surface area (TPSA) is 50.7 Å². The van der Waals surface area contributed by atoms with Crippen molar-refractivity contribution in [1.29, 1.82) is 0 Å². The summed E-state index contributed by atoms with van der Waals surface area (Å²) in [5, 5.41) is 11.8. The van der Waals surface area contributed by atoms with E-state index in [1.807, 2.05) is 13.0 Å². The molecule has 0 aromatic heterocycles. The fraction of sp³-hybridized carbons (Fsp3) is 0.538. The average Bonchev–Trinajstić information content (AvgIpc) is 2.39. The molecule has 1 atom stereocenters. The number of nitrogens with one attached hydrogen (secondary N) is 1. The Bertz CT molecular complexity index is 388. The molecule has 0 saturated carbocycles. The van der Waals surface area contributed by atoms with Crippen LogP contribution in [0, 0.1) is 0 Å². The maximum absolute atomic E-state index is 12.1. The second kappa shape index (κ2) is 7.91. The highest BCUT2D eigenvalue weighted by molar-refractivity contribution is 5.46. The number of hydrogen-bond acceptors (Lipinski definition) is 4. The van der Waals surface area contributed by atoms with E-state index in [0.717, 1.165) is 5.56 Å². The molecule has 0 heterocycles. The van der Waals surface area contributed by atoms with Crippen molar-refractivity contribution in [3.05, 3.63) is 23.8 Å². The van der Waals surface area contributed by atoms with Crippen LogP contribution < -0.4 is 14.8 Å². The molecule has 0 aliphatic heterocycles. The van der Waals surface area contributed by atoms with Gasteiger partial charge in [-0.3, -0.25) is 0 Å². The van der Waals surface area contributed by atoms with E-state index in [4.69, 9.17) is 14.6 Å². The molecule has 1 aromatic carbocycles. The Morgan fingerprint density at radius 1 is 1.37 bits per heavy atom. The first-order valence-corrected chi connectivity index (χ1v) is 6.05. The van der Waals surface area contributed by atoms with Gasteiger partial charge >= 0.3 is 0 Å². The average molecular weight is 275 g/mol. The molecule has 1 unspecified atom stereocenters. The summed E-state index contributed by atoms with van der Waals surface area (Å²) in [6, 6.07) is 5.39. The minimum Gasteiger partial charge on any atom is -0.493 e. The number of hydrogen-bond donors (Lipinski definition) is 2. The highest BCUT2D eigenvalue weighted by Gasteiger charge is 2.16. The van der Waals surface area contributed by atoms with E-state index >= 15 is 0 Å². The molecule has 0 amide bonds. The van der Waals surface area contributed by atoms with Gasteiger partial charge in [0.1, 0.15) is 6.10 Å². The summed E-state index contributed by atoms with van der Waals surface area (Å²) in [6.07, 6.45) is -4.41. The van der Waals surface area contributed by atoms with E-state index in [1.54, 1.807) is 12.1 Å². The monoisotopic (exact) mass is 275 g/mol. The third-order valence-electron chi connectivity index (χ3n) is 2.52. The van der Waals surface area contributed by atoms with E-state index in [-0.39, 0.29) is 6.54 Å². The minimum atomic E-state index is -2.75. The number of para-hydroxylation sites is 1. The van der Waals surface area contributed by atoms with Crippen LogP contribution in [0.15, 0.2) is 18.2 Å². The highest BCUT2D eigenvalue weighted by atomic mass is 19.3. The van der Waals surface area contributed by atoms with Gasteiger partial charge in [-0.15, -0.1) is 0 Å². The molecule has 0 fully saturated rings. The predicted octanol–water partition coefficient (Wildman–Crippen LogP) is 1.81. The van der Waals surface area contributed by atoms with Crippen molar-refractivity contribution in [2.45, 2.75) is 26.0 Å². The minimum absolute atomic E-state index is 0.181. The van der Waals surface area contributed by atoms with Crippen LogP contribution in [0.2, 0.25) is 0 Å². The number of methoxy groups -OCH3 is 1. The number of aliphatic hydroxyl groups excluding tert-OH is 1. The Hall–Kier alpha value is -1.40. The first-order valence-electron chi connectivity index (χ1n) is 6.05. The first-order chi connectivity index (χ1) is 9.10. The maximum Gasteiger partial charge on any atom is 0.265 e. The van der Waals surface area contributed by atoms with E-state index in [0.29, 0.717) is 24.7 Å². The van der Waals surface area contributed by atoms with Gasteiger partial charge < -0.3 is 19.9 Å². The number of rotatable bonds is 8. The molecule has 6 heteroatoms. The van der Waals surface area contributed by atoms with Gasteiger partial charge in [0.2, 0.25) is 0 Å². The number of halogens is 2. The largest absolute Gasteiger partial charge is 0.493 e. The molecule has 1 rings (SSSR count). The summed E-state index contributed by atoms with van der Waals surface area (Å²) in [5.41, 5.74) is 0.787. The third-order valence-corrected chi connectivity index (χ3v) is 2.52. The van der Waals surface area contributed by atoms with Gasteiger partial charge in [0.25, 0.3) is 6.43 Å². The van der Waals surface area contributed by atoms with Crippen LogP contribution in [-0.4, -0.2) is 37.9 Å². The van der Waals surface area contributed by atoms with Crippen LogP contribution >= 0.6 is 0 Å². The molecule has 0 radical (unpaired) electrons. The van der Waals surface area contributed by atoms with Gasteiger partial charge in [-0.1, -0.05) is 12.1 Å². The molecule has 2 N–H and O–H groups in total. The Balaban J connectivity index is 2.65. The van der Waals surface area contributed by atoms with Gasteiger partial charge in [-0.25, -0.2) is 8.78 Å². The summed E-state index contributed by atoms with van der Waals surface area (Å²) >= 11 is 0. The zero-order valence-electron chi connectivity index (χ0n) is 11.0. The zero-order valence-corrected chi connectivity index (χ0v) is 11.0. The standard InChI is InChI=1S/C13H19F2NO3/c1-3-19-11-6-4-5-9(12(11)18-2)7-16-8-10(17)13(14)15/h4-6,10,13,16-17H,3,7-8H2,1-2H3. The Morgan fingerprint density at radius 3 is 2.68 bits per heavy atom. The van der Waals surface area contributed by atoms with Crippen LogP contribution in [0.5, 0.6) is 11.5 Å². The van der Waals surface area contributed by atoms with Crippen molar-refractivity contribution < 1.29 is 23.4 Å². The molecule has 4 nitrogen and oxygen atoms in total. The number of benzene rings is 1. The molecule has 0 aliphatic carbocycles. The summed E-state index contributed by atoms with van der Waals surface area (Å²) < 4.78 is 34.9. The van der Waals surface area contributed by atoms with Gasteiger partial charge in [-0.05, 0) is 13.0 Å². The smallest absolute Gasteiger partial charge is 0.265 e. The van der Waals surface area contributed by atoms with E-state index in [2.05, 4.69) is 5.32 Å². The third kappa shape index (κ3) is 4.65. The summed E-state index contributed by atoms with van der Waals surface area (Å²) in [5.74, 6) is 1.18. The Labute approximate surface area is 111 Å². The fourth-order valence-corrected chi connectivity index (χ4v) is 1.65. The van der Waals surface area contributed by atoms with Crippen molar-refractivity contribution in [1.82, 2.24) is 5.32 Å². The summed E-state index contributed by atoms with van der Waals surface area (Å²) in [4.78, 5) is 0. The molecular weight excluding hydrogens is 256 g/mol.